The maximum Gasteiger partial charge on any atom is 0.383 e. The minimum atomic E-state index is -0.880. The molecule has 0 saturated carbocycles. The van der Waals surface area contributed by atoms with Crippen LogP contribution in [0, 0.1) is 0 Å². The lowest BCUT2D eigenvalue weighted by Crippen LogP contribution is -2.33. The fourth-order valence-corrected chi connectivity index (χ4v) is 3.13. The molecule has 0 aliphatic carbocycles. The Bertz CT molecular complexity index is 947. The molecule has 0 atom stereocenters. The number of carbonyl (C=O) groups excluding carboxylic acids is 3. The Balaban J connectivity index is 1.67. The summed E-state index contributed by atoms with van der Waals surface area (Å²) in [5.74, 6) is -2.22. The molecule has 0 saturated heterocycles. The van der Waals surface area contributed by atoms with Gasteiger partial charge in [-0.15, -0.1) is 11.3 Å². The summed E-state index contributed by atoms with van der Waals surface area (Å²) in [6.45, 7) is 0. The number of benzene rings is 1. The van der Waals surface area contributed by atoms with Gasteiger partial charge in [-0.1, -0.05) is 17.2 Å². The van der Waals surface area contributed by atoms with Crippen molar-refractivity contribution >= 4 is 39.3 Å². The number of nitrogens with zero attached hydrogens (tertiary/aromatic N) is 3. The SMILES string of the molecule is O=C(ON1C(=O)c2ccccc2C1=O)c1ncnc2ccsc12. The van der Waals surface area contributed by atoms with Crippen LogP contribution in [0.1, 0.15) is 31.2 Å². The first-order chi connectivity index (χ1) is 11.2. The summed E-state index contributed by atoms with van der Waals surface area (Å²) < 4.78 is 0.536. The fourth-order valence-electron chi connectivity index (χ4n) is 2.31. The van der Waals surface area contributed by atoms with Crippen LogP contribution in [0.25, 0.3) is 10.2 Å². The lowest BCUT2D eigenvalue weighted by molar-refractivity contribution is -0.0586. The number of hydrogen-bond acceptors (Lipinski definition) is 7. The van der Waals surface area contributed by atoms with Crippen LogP contribution in [0.15, 0.2) is 42.0 Å². The Labute approximate surface area is 133 Å². The van der Waals surface area contributed by atoms with Crippen LogP contribution < -0.4 is 0 Å². The summed E-state index contributed by atoms with van der Waals surface area (Å²) in [6.07, 6.45) is 1.23. The van der Waals surface area contributed by atoms with Crippen LogP contribution >= 0.6 is 11.3 Å². The second-order valence-corrected chi connectivity index (χ2v) is 5.60. The molecule has 3 aromatic rings. The van der Waals surface area contributed by atoms with Gasteiger partial charge in [0.25, 0.3) is 11.8 Å². The van der Waals surface area contributed by atoms with Gasteiger partial charge < -0.3 is 4.84 Å². The largest absolute Gasteiger partial charge is 0.383 e. The molecular weight excluding hydrogens is 318 g/mol. The Morgan fingerprint density at radius 3 is 2.43 bits per heavy atom. The van der Waals surface area contributed by atoms with Crippen LogP contribution in [0.2, 0.25) is 0 Å². The third kappa shape index (κ3) is 2.00. The third-order valence-corrected chi connectivity index (χ3v) is 4.28. The highest BCUT2D eigenvalue weighted by Crippen LogP contribution is 2.25. The van der Waals surface area contributed by atoms with Gasteiger partial charge >= 0.3 is 5.97 Å². The number of imide groups is 1. The number of hydroxylamine groups is 2. The lowest BCUT2D eigenvalue weighted by atomic mass is 10.1. The van der Waals surface area contributed by atoms with Crippen LogP contribution in [-0.4, -0.2) is 32.8 Å². The Morgan fingerprint density at radius 1 is 1.04 bits per heavy atom. The zero-order chi connectivity index (χ0) is 16.0. The molecule has 7 nitrogen and oxygen atoms in total. The maximum atomic E-state index is 12.3. The molecular formula is C15H7N3O4S. The summed E-state index contributed by atoms with van der Waals surface area (Å²) in [7, 11) is 0. The minimum Gasteiger partial charge on any atom is -0.322 e. The number of thiophene rings is 1. The summed E-state index contributed by atoms with van der Waals surface area (Å²) in [4.78, 5) is 49.6. The summed E-state index contributed by atoms with van der Waals surface area (Å²) >= 11 is 1.27. The first-order valence-electron chi connectivity index (χ1n) is 6.55. The van der Waals surface area contributed by atoms with E-state index in [9.17, 15) is 14.4 Å². The van der Waals surface area contributed by atoms with Crippen molar-refractivity contribution in [3.8, 4) is 0 Å². The average molecular weight is 325 g/mol. The zero-order valence-electron chi connectivity index (χ0n) is 11.4. The van der Waals surface area contributed by atoms with Gasteiger partial charge in [-0.3, -0.25) is 9.59 Å². The molecule has 1 aliphatic heterocycles. The van der Waals surface area contributed by atoms with Crippen molar-refractivity contribution in [1.29, 1.82) is 0 Å². The molecule has 23 heavy (non-hydrogen) atoms. The molecule has 8 heteroatoms. The van der Waals surface area contributed by atoms with Crippen LogP contribution in [-0.2, 0) is 4.84 Å². The highest BCUT2D eigenvalue weighted by Gasteiger charge is 2.39. The van der Waals surface area contributed by atoms with Crippen molar-refractivity contribution in [2.75, 3.05) is 0 Å². The molecule has 2 amide bonds. The smallest absolute Gasteiger partial charge is 0.322 e. The van der Waals surface area contributed by atoms with Crippen molar-refractivity contribution in [3.63, 3.8) is 0 Å². The van der Waals surface area contributed by atoms with E-state index in [1.54, 1.807) is 23.6 Å². The molecule has 0 spiro atoms. The molecule has 0 N–H and O–H groups in total. The lowest BCUT2D eigenvalue weighted by Gasteiger charge is -2.12. The van der Waals surface area contributed by atoms with E-state index >= 15 is 0 Å². The van der Waals surface area contributed by atoms with Crippen LogP contribution in [0.3, 0.4) is 0 Å². The van der Waals surface area contributed by atoms with E-state index in [0.29, 0.717) is 15.3 Å². The van der Waals surface area contributed by atoms with E-state index in [0.717, 1.165) is 0 Å². The molecule has 1 aromatic carbocycles. The van der Waals surface area contributed by atoms with Gasteiger partial charge in [0.2, 0.25) is 0 Å². The molecule has 4 rings (SSSR count). The molecule has 0 unspecified atom stereocenters. The molecule has 3 heterocycles. The van der Waals surface area contributed by atoms with Gasteiger partial charge in [0, 0.05) is 0 Å². The van der Waals surface area contributed by atoms with Crippen LogP contribution in [0.5, 0.6) is 0 Å². The predicted molar refractivity (Wildman–Crippen MR) is 79.8 cm³/mol. The summed E-state index contributed by atoms with van der Waals surface area (Å²) in [5.41, 5.74) is 1.02. The van der Waals surface area contributed by atoms with E-state index < -0.39 is 17.8 Å². The first-order valence-corrected chi connectivity index (χ1v) is 7.43. The van der Waals surface area contributed by atoms with Crippen LogP contribution in [0.4, 0.5) is 0 Å². The van der Waals surface area contributed by atoms with Gasteiger partial charge in [-0.05, 0) is 23.6 Å². The standard InChI is InChI=1S/C15H7N3O4S/c19-13-8-3-1-2-4-9(8)14(20)18(13)22-15(21)11-12-10(5-6-23-12)16-7-17-11/h1-7H. The normalized spacial score (nSPS) is 13.5. The monoisotopic (exact) mass is 325 g/mol. The second kappa shape index (κ2) is 4.96. The van der Waals surface area contributed by atoms with E-state index in [-0.39, 0.29) is 16.8 Å². The molecule has 0 fully saturated rings. The van der Waals surface area contributed by atoms with Crippen molar-refractivity contribution in [3.05, 3.63) is 58.9 Å². The van der Waals surface area contributed by atoms with E-state index in [1.165, 1.54) is 29.8 Å². The van der Waals surface area contributed by atoms with Crippen molar-refractivity contribution < 1.29 is 19.2 Å². The number of carbonyl (C=O) groups is 3. The predicted octanol–water partition coefficient (Wildman–Crippen LogP) is 2.06. The topological polar surface area (TPSA) is 89.5 Å². The quantitative estimate of drug-likeness (QED) is 0.670. The zero-order valence-corrected chi connectivity index (χ0v) is 12.2. The molecule has 0 radical (unpaired) electrons. The summed E-state index contributed by atoms with van der Waals surface area (Å²) in [6, 6.07) is 8.02. The number of aromatic nitrogens is 2. The van der Waals surface area contributed by atoms with Gasteiger partial charge in [0.15, 0.2) is 5.69 Å². The Hall–Kier alpha value is -3.13. The van der Waals surface area contributed by atoms with Gasteiger partial charge in [-0.25, -0.2) is 14.8 Å². The Kier molecular flexibility index (Phi) is 2.91. The number of fused-ring (bicyclic) bond motifs is 2. The van der Waals surface area contributed by atoms with Crippen molar-refractivity contribution in [1.82, 2.24) is 15.0 Å². The number of hydrogen-bond donors (Lipinski definition) is 0. The molecule has 1 aliphatic rings. The second-order valence-electron chi connectivity index (χ2n) is 4.69. The minimum absolute atomic E-state index is 0.0153. The highest BCUT2D eigenvalue weighted by atomic mass is 32.1. The summed E-state index contributed by atoms with van der Waals surface area (Å²) in [5, 5.41) is 2.23. The van der Waals surface area contributed by atoms with E-state index in [1.807, 2.05) is 0 Å². The maximum absolute atomic E-state index is 12.3. The van der Waals surface area contributed by atoms with E-state index in [2.05, 4.69) is 9.97 Å². The molecule has 112 valence electrons. The highest BCUT2D eigenvalue weighted by molar-refractivity contribution is 7.17. The van der Waals surface area contributed by atoms with Gasteiger partial charge in [0.05, 0.1) is 21.3 Å². The van der Waals surface area contributed by atoms with Crippen molar-refractivity contribution in [2.24, 2.45) is 0 Å². The fraction of sp³-hybridized carbons (Fsp3) is 0. The Morgan fingerprint density at radius 2 is 1.74 bits per heavy atom. The van der Waals surface area contributed by atoms with E-state index in [4.69, 9.17) is 4.84 Å². The van der Waals surface area contributed by atoms with Gasteiger partial charge in [0.1, 0.15) is 6.33 Å². The van der Waals surface area contributed by atoms with Crippen molar-refractivity contribution in [2.45, 2.75) is 0 Å². The van der Waals surface area contributed by atoms with Gasteiger partial charge in [-0.2, -0.15) is 0 Å². The first kappa shape index (κ1) is 13.5. The number of amides is 2. The molecule has 0 bridgehead atoms. The average Bonchev–Trinajstić information content (AvgIpc) is 3.14. The molecule has 2 aromatic heterocycles. The third-order valence-electron chi connectivity index (χ3n) is 3.37. The number of rotatable bonds is 2.